The molecule has 0 unspecified atom stereocenters. The third-order valence-corrected chi connectivity index (χ3v) is 2.18. The number of benzene rings is 1. The molecule has 0 amide bonds. The second-order valence-electron chi connectivity index (χ2n) is 3.17. The summed E-state index contributed by atoms with van der Waals surface area (Å²) in [7, 11) is 1.88. The zero-order chi connectivity index (χ0) is 10.1. The summed E-state index contributed by atoms with van der Waals surface area (Å²) in [6.45, 7) is 4.38. The number of anilines is 2. The van der Waals surface area contributed by atoms with Crippen LogP contribution < -0.4 is 10.4 Å². The molecule has 0 saturated heterocycles. The minimum atomic E-state index is -0.231. The molecule has 1 aromatic carbocycles. The summed E-state index contributed by atoms with van der Waals surface area (Å²) in [4.78, 5) is 0. The fourth-order valence-electron chi connectivity index (χ4n) is 1.56. The van der Waals surface area contributed by atoms with E-state index in [0.717, 1.165) is 11.4 Å². The van der Waals surface area contributed by atoms with Gasteiger partial charge in [-0.05, 0) is 12.1 Å². The molecule has 3 nitrogen and oxygen atoms in total. The highest BCUT2D eigenvalue weighted by Gasteiger charge is 2.22. The lowest BCUT2D eigenvalue weighted by molar-refractivity contribution is 0.399. The van der Waals surface area contributed by atoms with Gasteiger partial charge in [-0.3, -0.25) is 10.4 Å². The van der Waals surface area contributed by atoms with E-state index in [0.29, 0.717) is 6.54 Å². The molecule has 1 aliphatic heterocycles. The quantitative estimate of drug-likeness (QED) is 0.725. The van der Waals surface area contributed by atoms with Gasteiger partial charge in [0.05, 0.1) is 17.9 Å². The Balaban J connectivity index is 2.37. The van der Waals surface area contributed by atoms with Crippen LogP contribution in [-0.4, -0.2) is 18.7 Å². The molecule has 1 N–H and O–H groups in total. The maximum absolute atomic E-state index is 12.9. The molecular weight excluding hydrogens is 181 g/mol. The van der Waals surface area contributed by atoms with E-state index in [2.05, 4.69) is 12.0 Å². The van der Waals surface area contributed by atoms with Crippen LogP contribution in [0.4, 0.5) is 15.8 Å². The average Bonchev–Trinajstić information content (AvgIpc) is 2.43. The van der Waals surface area contributed by atoms with Gasteiger partial charge in [-0.15, -0.1) is 11.7 Å². The number of hydrogen-bond acceptors (Lipinski definition) is 3. The predicted octanol–water partition coefficient (Wildman–Crippen LogP) is 2.01. The number of rotatable bonds is 2. The van der Waals surface area contributed by atoms with E-state index in [4.69, 9.17) is 0 Å². The van der Waals surface area contributed by atoms with Crippen molar-refractivity contribution in [1.82, 2.24) is 5.12 Å². The normalized spacial score (nSPS) is 15.1. The van der Waals surface area contributed by atoms with Crippen LogP contribution in [0.1, 0.15) is 0 Å². The molecule has 14 heavy (non-hydrogen) atoms. The van der Waals surface area contributed by atoms with Gasteiger partial charge in [0.1, 0.15) is 5.82 Å². The average molecular weight is 193 g/mol. The highest BCUT2D eigenvalue weighted by molar-refractivity contribution is 5.73. The van der Waals surface area contributed by atoms with E-state index >= 15 is 0 Å². The van der Waals surface area contributed by atoms with Crippen LogP contribution in [0.3, 0.4) is 0 Å². The minimum Gasteiger partial charge on any atom is -0.299 e. The maximum Gasteiger partial charge on any atom is 0.125 e. The minimum absolute atomic E-state index is 0.231. The zero-order valence-corrected chi connectivity index (χ0v) is 8.00. The van der Waals surface area contributed by atoms with Gasteiger partial charge in [0.2, 0.25) is 0 Å². The lowest BCUT2D eigenvalue weighted by Gasteiger charge is -2.23. The molecule has 0 spiro atoms. The molecule has 2 rings (SSSR count). The zero-order valence-electron chi connectivity index (χ0n) is 8.00. The summed E-state index contributed by atoms with van der Waals surface area (Å²) in [6, 6.07) is 4.69. The SMILES string of the molecule is C=CCN1c2ccc(F)cc2NN1C. The molecule has 74 valence electrons. The van der Waals surface area contributed by atoms with Crippen molar-refractivity contribution in [2.45, 2.75) is 0 Å². The topological polar surface area (TPSA) is 18.5 Å². The third kappa shape index (κ3) is 1.33. The van der Waals surface area contributed by atoms with E-state index < -0.39 is 0 Å². The summed E-state index contributed by atoms with van der Waals surface area (Å²) in [5.41, 5.74) is 4.80. The van der Waals surface area contributed by atoms with Crippen molar-refractivity contribution in [2.24, 2.45) is 0 Å². The van der Waals surface area contributed by atoms with Crippen molar-refractivity contribution in [3.8, 4) is 0 Å². The first-order valence-electron chi connectivity index (χ1n) is 4.40. The van der Waals surface area contributed by atoms with Crippen molar-refractivity contribution in [2.75, 3.05) is 24.0 Å². The van der Waals surface area contributed by atoms with Crippen molar-refractivity contribution < 1.29 is 4.39 Å². The smallest absolute Gasteiger partial charge is 0.125 e. The second kappa shape index (κ2) is 3.31. The molecule has 0 bridgehead atoms. The Morgan fingerprint density at radius 2 is 2.36 bits per heavy atom. The van der Waals surface area contributed by atoms with Gasteiger partial charge in [-0.2, -0.15) is 0 Å². The van der Waals surface area contributed by atoms with Gasteiger partial charge in [0, 0.05) is 13.1 Å². The Bertz CT molecular complexity index is 364. The van der Waals surface area contributed by atoms with Gasteiger partial charge in [-0.1, -0.05) is 6.08 Å². The number of fused-ring (bicyclic) bond motifs is 1. The van der Waals surface area contributed by atoms with Crippen LogP contribution in [0.2, 0.25) is 0 Å². The van der Waals surface area contributed by atoms with Crippen molar-refractivity contribution in [3.63, 3.8) is 0 Å². The number of halogens is 1. The molecule has 0 fully saturated rings. The lowest BCUT2D eigenvalue weighted by Crippen LogP contribution is -2.38. The maximum atomic E-state index is 12.9. The van der Waals surface area contributed by atoms with Crippen LogP contribution >= 0.6 is 0 Å². The van der Waals surface area contributed by atoms with Crippen LogP contribution in [0.5, 0.6) is 0 Å². The van der Waals surface area contributed by atoms with E-state index in [1.165, 1.54) is 12.1 Å². The summed E-state index contributed by atoms with van der Waals surface area (Å²) in [6.07, 6.45) is 1.80. The van der Waals surface area contributed by atoms with Gasteiger partial charge in [-0.25, -0.2) is 4.39 Å². The van der Waals surface area contributed by atoms with Crippen LogP contribution in [0.25, 0.3) is 0 Å². The first-order valence-corrected chi connectivity index (χ1v) is 4.40. The van der Waals surface area contributed by atoms with Gasteiger partial charge < -0.3 is 0 Å². The summed E-state index contributed by atoms with van der Waals surface area (Å²) >= 11 is 0. The first kappa shape index (κ1) is 9.02. The Hall–Kier alpha value is -1.55. The monoisotopic (exact) mass is 193 g/mol. The number of nitrogens with zero attached hydrogens (tertiary/aromatic N) is 2. The van der Waals surface area contributed by atoms with Crippen LogP contribution in [-0.2, 0) is 0 Å². The first-order chi connectivity index (χ1) is 6.72. The highest BCUT2D eigenvalue weighted by atomic mass is 19.1. The van der Waals surface area contributed by atoms with Crippen molar-refractivity contribution in [1.29, 1.82) is 0 Å². The van der Waals surface area contributed by atoms with Crippen molar-refractivity contribution >= 4 is 11.4 Å². The Morgan fingerprint density at radius 1 is 1.57 bits per heavy atom. The van der Waals surface area contributed by atoms with Crippen LogP contribution in [0, 0.1) is 5.82 Å². The molecule has 0 saturated carbocycles. The Labute approximate surface area is 82.4 Å². The predicted molar refractivity (Wildman–Crippen MR) is 55.3 cm³/mol. The fourth-order valence-corrected chi connectivity index (χ4v) is 1.56. The lowest BCUT2D eigenvalue weighted by atomic mass is 10.2. The van der Waals surface area contributed by atoms with Gasteiger partial charge in [0.15, 0.2) is 0 Å². The Kier molecular flexibility index (Phi) is 2.13. The van der Waals surface area contributed by atoms with E-state index in [1.807, 2.05) is 17.2 Å². The molecule has 0 aliphatic carbocycles. The van der Waals surface area contributed by atoms with E-state index in [9.17, 15) is 4.39 Å². The summed E-state index contributed by atoms with van der Waals surface area (Å²) < 4.78 is 12.9. The van der Waals surface area contributed by atoms with Gasteiger partial charge >= 0.3 is 0 Å². The molecule has 4 heteroatoms. The van der Waals surface area contributed by atoms with E-state index in [-0.39, 0.29) is 5.82 Å². The highest BCUT2D eigenvalue weighted by Crippen LogP contribution is 2.32. The second-order valence-corrected chi connectivity index (χ2v) is 3.17. The van der Waals surface area contributed by atoms with Gasteiger partial charge in [0.25, 0.3) is 0 Å². The molecular formula is C10H12FN3. The Morgan fingerprint density at radius 3 is 3.07 bits per heavy atom. The third-order valence-electron chi connectivity index (χ3n) is 2.18. The number of hydrazine groups is 2. The molecule has 0 atom stereocenters. The fraction of sp³-hybridized carbons (Fsp3) is 0.200. The molecule has 0 aromatic heterocycles. The number of nitrogens with one attached hydrogen (secondary N) is 1. The molecule has 0 radical (unpaired) electrons. The largest absolute Gasteiger partial charge is 0.299 e. The summed E-state index contributed by atoms with van der Waals surface area (Å²) in [5.74, 6) is -0.231. The standard InChI is InChI=1S/C10H12FN3/c1-3-6-14-10-5-4-8(11)7-9(10)12-13(14)2/h3-5,7,12H,1,6H2,2H3. The molecule has 1 aromatic rings. The van der Waals surface area contributed by atoms with Crippen LogP contribution in [0.15, 0.2) is 30.9 Å². The number of hydrogen-bond donors (Lipinski definition) is 1. The molecule has 1 heterocycles. The van der Waals surface area contributed by atoms with Crippen molar-refractivity contribution in [3.05, 3.63) is 36.7 Å². The summed E-state index contributed by atoms with van der Waals surface area (Å²) in [5, 5.41) is 3.79. The van der Waals surface area contributed by atoms with E-state index in [1.54, 1.807) is 12.1 Å². The molecule has 1 aliphatic rings.